The van der Waals surface area contributed by atoms with Crippen LogP contribution in [0.3, 0.4) is 0 Å². The smallest absolute Gasteiger partial charge is 0.314 e. The summed E-state index contributed by atoms with van der Waals surface area (Å²) in [5, 5.41) is 11.0. The number of nitrogens with zero attached hydrogens (tertiary/aromatic N) is 2. The quantitative estimate of drug-likeness (QED) is 0.464. The first-order chi connectivity index (χ1) is 17.8. The lowest BCUT2D eigenvalue weighted by Gasteiger charge is -2.31. The van der Waals surface area contributed by atoms with Gasteiger partial charge in [0, 0.05) is 38.1 Å². The number of halogens is 1. The molecule has 2 bridgehead atoms. The van der Waals surface area contributed by atoms with Crippen LogP contribution in [0.15, 0.2) is 48.6 Å². The highest BCUT2D eigenvalue weighted by Crippen LogP contribution is 2.38. The molecule has 4 rings (SSSR count). The number of amides is 1. The molecule has 0 spiro atoms. The topological polar surface area (TPSA) is 70.1 Å². The summed E-state index contributed by atoms with van der Waals surface area (Å²) in [5.74, 6) is -0.472. The van der Waals surface area contributed by atoms with E-state index in [1.165, 1.54) is 5.56 Å². The van der Waals surface area contributed by atoms with Gasteiger partial charge in [0.25, 0.3) is 0 Å². The number of fused-ring (bicyclic) bond motifs is 2. The molecule has 198 valence electrons. The van der Waals surface area contributed by atoms with E-state index in [9.17, 15) is 14.7 Å². The molecular formula is C30H37ClN2O4. The van der Waals surface area contributed by atoms with Gasteiger partial charge in [0.15, 0.2) is 0 Å². The number of allylic oxidation sites excluding steroid dienone is 1. The third-order valence-electron chi connectivity index (χ3n) is 7.61. The van der Waals surface area contributed by atoms with Crippen LogP contribution in [0.4, 0.5) is 5.69 Å². The molecule has 0 saturated heterocycles. The number of aryl methyl sites for hydroxylation is 1. The summed E-state index contributed by atoms with van der Waals surface area (Å²) in [5.41, 5.74) is 2.48. The zero-order chi connectivity index (χ0) is 26.4. The number of carbonyl (C=O) groups is 2. The van der Waals surface area contributed by atoms with Crippen LogP contribution in [0.25, 0.3) is 0 Å². The fourth-order valence-corrected chi connectivity index (χ4v) is 5.27. The summed E-state index contributed by atoms with van der Waals surface area (Å²) in [6, 6.07) is 11.6. The lowest BCUT2D eigenvalue weighted by molar-refractivity contribution is -0.147. The van der Waals surface area contributed by atoms with Crippen LogP contribution in [-0.2, 0) is 28.0 Å². The molecular weight excluding hydrogens is 488 g/mol. The van der Waals surface area contributed by atoms with Gasteiger partial charge in [-0.2, -0.15) is 0 Å². The van der Waals surface area contributed by atoms with E-state index in [1.807, 2.05) is 36.4 Å². The van der Waals surface area contributed by atoms with E-state index in [2.05, 4.69) is 11.0 Å². The Hall–Kier alpha value is -2.99. The van der Waals surface area contributed by atoms with Crippen molar-refractivity contribution in [2.24, 2.45) is 0 Å². The van der Waals surface area contributed by atoms with Crippen LogP contribution >= 0.6 is 11.6 Å². The Morgan fingerprint density at radius 1 is 1.03 bits per heavy atom. The summed E-state index contributed by atoms with van der Waals surface area (Å²) in [6.07, 6.45) is 9.95. The average molecular weight is 525 g/mol. The molecule has 6 nitrogen and oxygen atoms in total. The van der Waals surface area contributed by atoms with Crippen molar-refractivity contribution in [2.75, 3.05) is 31.6 Å². The van der Waals surface area contributed by atoms with E-state index in [0.717, 1.165) is 73.6 Å². The maximum absolute atomic E-state index is 13.0. The maximum Gasteiger partial charge on any atom is 0.314 e. The molecule has 1 atom stereocenters. The fourth-order valence-electron chi connectivity index (χ4n) is 5.08. The molecule has 0 saturated carbocycles. The van der Waals surface area contributed by atoms with Crippen molar-refractivity contribution in [3.8, 4) is 5.75 Å². The van der Waals surface area contributed by atoms with Gasteiger partial charge in [-0.25, -0.2) is 0 Å². The maximum atomic E-state index is 13.0. The molecule has 2 aromatic rings. The fraction of sp³-hybridized carbons (Fsp3) is 0.467. The van der Waals surface area contributed by atoms with Gasteiger partial charge >= 0.3 is 5.97 Å². The lowest BCUT2D eigenvalue weighted by Crippen LogP contribution is -2.40. The molecule has 37 heavy (non-hydrogen) atoms. The molecule has 0 radical (unpaired) electrons. The summed E-state index contributed by atoms with van der Waals surface area (Å²) in [7, 11) is 1.73. The molecule has 2 aliphatic rings. The zero-order valence-electron chi connectivity index (χ0n) is 21.8. The van der Waals surface area contributed by atoms with Gasteiger partial charge in [0.2, 0.25) is 5.91 Å². The van der Waals surface area contributed by atoms with Gasteiger partial charge in [-0.3, -0.25) is 9.59 Å². The van der Waals surface area contributed by atoms with E-state index in [0.29, 0.717) is 18.7 Å². The lowest BCUT2D eigenvalue weighted by atomic mass is 9.78. The molecule has 2 aromatic carbocycles. The van der Waals surface area contributed by atoms with Gasteiger partial charge in [0.05, 0.1) is 11.1 Å². The minimum atomic E-state index is -1.36. The minimum Gasteiger partial charge on any atom is -0.487 e. The SMILES string of the molecule is CN1C/C=C/CCCCN2CCCCc3cc(Cl)ccc3COc3ccc(cc32)[C@](C)(C(=O)O)CC1=O. The minimum absolute atomic E-state index is 0.111. The largest absolute Gasteiger partial charge is 0.487 e. The standard InChI is InChI=1S/C30H37ClN2O4/c1-30(29(35)36)20-28(34)32(2)15-7-4-3-5-8-16-33-17-9-6-10-22-18-25(31)13-11-23(22)21-37-27-14-12-24(30)19-26(27)33/h4,7,11-14,18-19H,3,5-6,8-10,15-17,20-21H2,1-2H3,(H,35,36)/b7-4+/t30-/m1/s1. The first-order valence-corrected chi connectivity index (χ1v) is 13.6. The Morgan fingerprint density at radius 3 is 2.59 bits per heavy atom. The number of anilines is 1. The third-order valence-corrected chi connectivity index (χ3v) is 7.84. The molecule has 0 aliphatic carbocycles. The number of hydrogen-bond acceptors (Lipinski definition) is 4. The Kier molecular flexibility index (Phi) is 8.80. The molecule has 2 aliphatic heterocycles. The number of likely N-dealkylation sites (N-methyl/N-ethyl adjacent to an activating group) is 1. The molecule has 0 fully saturated rings. The number of aliphatic carboxylic acids is 1. The van der Waals surface area contributed by atoms with Crippen molar-refractivity contribution in [3.63, 3.8) is 0 Å². The van der Waals surface area contributed by atoms with Crippen molar-refractivity contribution < 1.29 is 19.4 Å². The van der Waals surface area contributed by atoms with Crippen molar-refractivity contribution >= 4 is 29.2 Å². The number of benzene rings is 2. The zero-order valence-corrected chi connectivity index (χ0v) is 22.6. The number of hydrogen-bond donors (Lipinski definition) is 1. The Labute approximate surface area is 224 Å². The predicted molar refractivity (Wildman–Crippen MR) is 148 cm³/mol. The van der Waals surface area contributed by atoms with Crippen molar-refractivity contribution in [3.05, 3.63) is 70.3 Å². The van der Waals surface area contributed by atoms with Gasteiger partial charge in [-0.15, -0.1) is 0 Å². The van der Waals surface area contributed by atoms with Crippen LogP contribution < -0.4 is 9.64 Å². The van der Waals surface area contributed by atoms with E-state index >= 15 is 0 Å². The van der Waals surface area contributed by atoms with Gasteiger partial charge in [-0.1, -0.05) is 35.9 Å². The summed E-state index contributed by atoms with van der Waals surface area (Å²) < 4.78 is 6.38. The Bertz CT molecular complexity index is 1160. The second-order valence-electron chi connectivity index (χ2n) is 10.4. The Morgan fingerprint density at radius 2 is 1.81 bits per heavy atom. The Balaban J connectivity index is 1.77. The predicted octanol–water partition coefficient (Wildman–Crippen LogP) is 5.99. The monoisotopic (exact) mass is 524 g/mol. The molecule has 7 heteroatoms. The first-order valence-electron chi connectivity index (χ1n) is 13.2. The van der Waals surface area contributed by atoms with Gasteiger partial charge < -0.3 is 19.6 Å². The average Bonchev–Trinajstić information content (AvgIpc) is 2.90. The summed E-state index contributed by atoms with van der Waals surface area (Å²) in [6.45, 7) is 4.24. The summed E-state index contributed by atoms with van der Waals surface area (Å²) in [4.78, 5) is 29.5. The van der Waals surface area contributed by atoms with Crippen molar-refractivity contribution in [1.29, 1.82) is 0 Å². The number of ether oxygens (including phenoxy) is 1. The first kappa shape index (κ1) is 27.1. The van der Waals surface area contributed by atoms with Crippen LogP contribution in [-0.4, -0.2) is 48.6 Å². The molecule has 0 aromatic heterocycles. The van der Waals surface area contributed by atoms with Crippen LogP contribution in [0, 0.1) is 0 Å². The van der Waals surface area contributed by atoms with Crippen LogP contribution in [0.5, 0.6) is 5.75 Å². The van der Waals surface area contributed by atoms with Crippen LogP contribution in [0.2, 0.25) is 5.02 Å². The molecule has 2 heterocycles. The third kappa shape index (κ3) is 6.48. The second-order valence-corrected chi connectivity index (χ2v) is 10.8. The van der Waals surface area contributed by atoms with E-state index < -0.39 is 11.4 Å². The molecule has 0 unspecified atom stereocenters. The number of carboxylic acids is 1. The highest BCUT2D eigenvalue weighted by atomic mass is 35.5. The highest BCUT2D eigenvalue weighted by molar-refractivity contribution is 6.30. The van der Waals surface area contributed by atoms with E-state index in [4.69, 9.17) is 16.3 Å². The highest BCUT2D eigenvalue weighted by Gasteiger charge is 2.39. The van der Waals surface area contributed by atoms with Crippen molar-refractivity contribution in [2.45, 2.75) is 63.9 Å². The second kappa shape index (κ2) is 12.0. The molecule has 1 N–H and O–H groups in total. The number of rotatable bonds is 1. The van der Waals surface area contributed by atoms with E-state index in [-0.39, 0.29) is 12.3 Å². The summed E-state index contributed by atoms with van der Waals surface area (Å²) >= 11 is 6.28. The van der Waals surface area contributed by atoms with Gasteiger partial charge in [-0.05, 0) is 86.4 Å². The van der Waals surface area contributed by atoms with Gasteiger partial charge in [0.1, 0.15) is 12.4 Å². The normalized spacial score (nSPS) is 22.5. The van der Waals surface area contributed by atoms with Crippen molar-refractivity contribution in [1.82, 2.24) is 4.90 Å². The number of carbonyl (C=O) groups excluding carboxylic acids is 1. The molecule has 1 amide bonds. The number of carboxylic acid groups (broad SMARTS) is 1. The van der Waals surface area contributed by atoms with E-state index in [1.54, 1.807) is 24.9 Å². The van der Waals surface area contributed by atoms with Crippen LogP contribution in [0.1, 0.15) is 62.1 Å².